The fourth-order valence-corrected chi connectivity index (χ4v) is 2.33. The van der Waals surface area contributed by atoms with E-state index >= 15 is 0 Å². The Bertz CT molecular complexity index is 320. The molecule has 1 aromatic carbocycles. The zero-order valence-corrected chi connectivity index (χ0v) is 9.49. The van der Waals surface area contributed by atoms with Crippen LogP contribution in [0.2, 0.25) is 0 Å². The number of likely N-dealkylation sites (N-methyl/N-ethyl adjacent to an activating group) is 1. The van der Waals surface area contributed by atoms with E-state index in [-0.39, 0.29) is 6.10 Å². The number of hydrogen-bond acceptors (Lipinski definition) is 2. The molecule has 2 heteroatoms. The van der Waals surface area contributed by atoms with Crippen molar-refractivity contribution in [3.05, 3.63) is 35.4 Å². The van der Waals surface area contributed by atoms with Crippen LogP contribution in [0.5, 0.6) is 0 Å². The first-order valence-electron chi connectivity index (χ1n) is 5.73. The maximum absolute atomic E-state index is 5.89. The molecule has 0 aliphatic carbocycles. The maximum Gasteiger partial charge on any atom is 0.0980 e. The largest absolute Gasteiger partial charge is 0.372 e. The van der Waals surface area contributed by atoms with Gasteiger partial charge in [-0.15, -0.1) is 0 Å². The van der Waals surface area contributed by atoms with Crippen LogP contribution in [0.25, 0.3) is 0 Å². The van der Waals surface area contributed by atoms with Gasteiger partial charge in [-0.2, -0.15) is 0 Å². The summed E-state index contributed by atoms with van der Waals surface area (Å²) in [6.07, 6.45) is 2.37. The fraction of sp³-hybridized carbons (Fsp3) is 0.538. The van der Waals surface area contributed by atoms with Crippen LogP contribution in [-0.4, -0.2) is 19.7 Å². The highest BCUT2D eigenvalue weighted by atomic mass is 16.5. The van der Waals surface area contributed by atoms with E-state index in [1.165, 1.54) is 11.1 Å². The average Bonchev–Trinajstić information content (AvgIpc) is 2.31. The zero-order chi connectivity index (χ0) is 10.7. The maximum atomic E-state index is 5.89. The van der Waals surface area contributed by atoms with Crippen molar-refractivity contribution >= 4 is 0 Å². The molecule has 0 fully saturated rings. The topological polar surface area (TPSA) is 21.3 Å². The highest BCUT2D eigenvalue weighted by Gasteiger charge is 2.26. The van der Waals surface area contributed by atoms with Crippen molar-refractivity contribution in [3.8, 4) is 0 Å². The molecular weight excluding hydrogens is 186 g/mol. The minimum Gasteiger partial charge on any atom is -0.372 e. The van der Waals surface area contributed by atoms with Gasteiger partial charge in [0.25, 0.3) is 0 Å². The Balaban J connectivity index is 2.28. The molecule has 0 spiro atoms. The third-order valence-corrected chi connectivity index (χ3v) is 3.21. The van der Waals surface area contributed by atoms with Crippen LogP contribution in [0.4, 0.5) is 0 Å². The molecule has 1 aromatic rings. The van der Waals surface area contributed by atoms with Crippen molar-refractivity contribution in [2.75, 3.05) is 13.7 Å². The lowest BCUT2D eigenvalue weighted by Crippen LogP contribution is -2.35. The summed E-state index contributed by atoms with van der Waals surface area (Å²) in [6, 6.07) is 9.04. The van der Waals surface area contributed by atoms with Gasteiger partial charge in [-0.1, -0.05) is 31.2 Å². The molecule has 15 heavy (non-hydrogen) atoms. The summed E-state index contributed by atoms with van der Waals surface area (Å²) >= 11 is 0. The molecule has 2 unspecified atom stereocenters. The summed E-state index contributed by atoms with van der Waals surface area (Å²) in [5.74, 6) is 0. The molecule has 1 heterocycles. The number of benzene rings is 1. The molecule has 1 aliphatic rings. The molecule has 0 amide bonds. The van der Waals surface area contributed by atoms with Gasteiger partial charge in [-0.3, -0.25) is 0 Å². The molecule has 82 valence electrons. The number of hydrogen-bond donors (Lipinski definition) is 1. The van der Waals surface area contributed by atoms with E-state index in [9.17, 15) is 0 Å². The molecule has 0 radical (unpaired) electrons. The van der Waals surface area contributed by atoms with Gasteiger partial charge >= 0.3 is 0 Å². The zero-order valence-electron chi connectivity index (χ0n) is 9.49. The van der Waals surface area contributed by atoms with Crippen molar-refractivity contribution in [3.63, 3.8) is 0 Å². The lowest BCUT2D eigenvalue weighted by Gasteiger charge is -2.31. The highest BCUT2D eigenvalue weighted by molar-refractivity contribution is 5.31. The minimum absolute atomic E-state index is 0.227. The summed E-state index contributed by atoms with van der Waals surface area (Å²) in [5.41, 5.74) is 2.81. The van der Waals surface area contributed by atoms with Crippen molar-refractivity contribution < 1.29 is 4.74 Å². The number of ether oxygens (including phenoxy) is 1. The van der Waals surface area contributed by atoms with E-state index in [4.69, 9.17) is 4.74 Å². The smallest absolute Gasteiger partial charge is 0.0980 e. The van der Waals surface area contributed by atoms with Gasteiger partial charge in [0.15, 0.2) is 0 Å². The molecular formula is C13H19NO. The molecule has 0 saturated carbocycles. The van der Waals surface area contributed by atoms with Gasteiger partial charge in [-0.05, 0) is 31.0 Å². The summed E-state index contributed by atoms with van der Waals surface area (Å²) in [5, 5.41) is 3.34. The summed E-state index contributed by atoms with van der Waals surface area (Å²) < 4.78 is 5.89. The van der Waals surface area contributed by atoms with Crippen molar-refractivity contribution in [2.24, 2.45) is 0 Å². The van der Waals surface area contributed by atoms with Crippen molar-refractivity contribution in [1.82, 2.24) is 5.32 Å². The highest BCUT2D eigenvalue weighted by Crippen LogP contribution is 2.30. The summed E-state index contributed by atoms with van der Waals surface area (Å²) in [4.78, 5) is 0. The minimum atomic E-state index is 0.227. The van der Waals surface area contributed by atoms with E-state index in [2.05, 4.69) is 36.5 Å². The van der Waals surface area contributed by atoms with E-state index in [0.717, 1.165) is 19.4 Å². The second-order valence-electron chi connectivity index (χ2n) is 4.04. The van der Waals surface area contributed by atoms with Crippen LogP contribution in [0.3, 0.4) is 0 Å². The summed E-state index contributed by atoms with van der Waals surface area (Å²) in [7, 11) is 2.01. The van der Waals surface area contributed by atoms with Crippen LogP contribution in [0.1, 0.15) is 30.6 Å². The van der Waals surface area contributed by atoms with E-state index in [1.807, 2.05) is 7.05 Å². The third kappa shape index (κ3) is 2.06. The normalized spacial score (nSPS) is 22.1. The van der Waals surface area contributed by atoms with Crippen molar-refractivity contribution in [2.45, 2.75) is 31.9 Å². The molecule has 0 bridgehead atoms. The molecule has 0 aromatic heterocycles. The molecule has 1 N–H and O–H groups in total. The van der Waals surface area contributed by atoms with E-state index in [1.54, 1.807) is 0 Å². The number of fused-ring (bicyclic) bond motifs is 1. The van der Waals surface area contributed by atoms with Crippen LogP contribution >= 0.6 is 0 Å². The predicted octanol–water partition coefficient (Wildman–Crippen LogP) is 2.30. The van der Waals surface area contributed by atoms with Gasteiger partial charge < -0.3 is 10.1 Å². The Morgan fingerprint density at radius 1 is 1.47 bits per heavy atom. The SMILES string of the molecule is CCC(NC)C1OCCc2ccccc21. The first-order valence-corrected chi connectivity index (χ1v) is 5.73. The Morgan fingerprint density at radius 2 is 2.27 bits per heavy atom. The lowest BCUT2D eigenvalue weighted by molar-refractivity contribution is 0.0163. The van der Waals surface area contributed by atoms with Crippen molar-refractivity contribution in [1.29, 1.82) is 0 Å². The fourth-order valence-electron chi connectivity index (χ4n) is 2.33. The second-order valence-corrected chi connectivity index (χ2v) is 4.04. The van der Waals surface area contributed by atoms with Crippen LogP contribution in [0.15, 0.2) is 24.3 Å². The lowest BCUT2D eigenvalue weighted by atomic mass is 9.92. The standard InChI is InChI=1S/C13H19NO/c1-3-12(14-2)13-11-7-5-4-6-10(11)8-9-15-13/h4-7,12-14H,3,8-9H2,1-2H3. The monoisotopic (exact) mass is 205 g/mol. The molecule has 2 nitrogen and oxygen atoms in total. The Hall–Kier alpha value is -0.860. The van der Waals surface area contributed by atoms with Gasteiger partial charge in [0.2, 0.25) is 0 Å². The van der Waals surface area contributed by atoms with Gasteiger partial charge in [0, 0.05) is 6.04 Å². The first kappa shape index (κ1) is 10.7. The Kier molecular flexibility index (Phi) is 3.39. The van der Waals surface area contributed by atoms with Gasteiger partial charge in [0.1, 0.15) is 0 Å². The van der Waals surface area contributed by atoms with Gasteiger partial charge in [0.05, 0.1) is 12.7 Å². The third-order valence-electron chi connectivity index (χ3n) is 3.21. The predicted molar refractivity (Wildman–Crippen MR) is 62.0 cm³/mol. The Morgan fingerprint density at radius 3 is 3.00 bits per heavy atom. The second kappa shape index (κ2) is 4.77. The summed E-state index contributed by atoms with van der Waals surface area (Å²) in [6.45, 7) is 3.04. The molecule has 0 saturated heterocycles. The van der Waals surface area contributed by atoms with E-state index < -0.39 is 0 Å². The Labute approximate surface area is 91.6 Å². The van der Waals surface area contributed by atoms with E-state index in [0.29, 0.717) is 6.04 Å². The van der Waals surface area contributed by atoms with Crippen LogP contribution < -0.4 is 5.32 Å². The number of nitrogens with one attached hydrogen (secondary N) is 1. The molecule has 1 aliphatic heterocycles. The van der Waals surface area contributed by atoms with Crippen LogP contribution in [0, 0.1) is 0 Å². The first-order chi connectivity index (χ1) is 7.36. The average molecular weight is 205 g/mol. The molecule has 2 atom stereocenters. The van der Waals surface area contributed by atoms with Gasteiger partial charge in [-0.25, -0.2) is 0 Å². The quantitative estimate of drug-likeness (QED) is 0.817. The number of rotatable bonds is 3. The molecule has 2 rings (SSSR count). The van der Waals surface area contributed by atoms with Crippen LogP contribution in [-0.2, 0) is 11.2 Å².